The lowest BCUT2D eigenvalue weighted by atomic mass is 10.1. The Kier molecular flexibility index (Phi) is 4.39. The van der Waals surface area contributed by atoms with Gasteiger partial charge in [0.15, 0.2) is 0 Å². The van der Waals surface area contributed by atoms with E-state index in [1.54, 1.807) is 12.1 Å². The van der Waals surface area contributed by atoms with Crippen LogP contribution in [0.15, 0.2) is 53.0 Å². The van der Waals surface area contributed by atoms with Gasteiger partial charge in [-0.05, 0) is 42.3 Å². The largest absolute Gasteiger partial charge is 0.508 e. The zero-order chi connectivity index (χ0) is 13.0. The van der Waals surface area contributed by atoms with Crippen molar-refractivity contribution in [2.24, 2.45) is 0 Å². The summed E-state index contributed by atoms with van der Waals surface area (Å²) >= 11 is 3.48. The molecule has 94 valence electrons. The van der Waals surface area contributed by atoms with E-state index in [0.717, 1.165) is 16.6 Å². The van der Waals surface area contributed by atoms with Crippen molar-refractivity contribution in [3.05, 3.63) is 64.1 Å². The van der Waals surface area contributed by atoms with Crippen molar-refractivity contribution in [2.45, 2.75) is 19.5 Å². The number of phenols is 1. The predicted octanol–water partition coefficient (Wildman–Crippen LogP) is 4.01. The maximum Gasteiger partial charge on any atom is 0.115 e. The molecule has 3 heteroatoms. The van der Waals surface area contributed by atoms with Crippen molar-refractivity contribution in [1.82, 2.24) is 5.32 Å². The molecule has 0 saturated carbocycles. The number of benzene rings is 2. The fourth-order valence-corrected chi connectivity index (χ4v) is 2.20. The van der Waals surface area contributed by atoms with Crippen LogP contribution in [0.3, 0.4) is 0 Å². The molecule has 0 aliphatic rings. The van der Waals surface area contributed by atoms with Crippen LogP contribution >= 0.6 is 15.9 Å². The highest BCUT2D eigenvalue weighted by Crippen LogP contribution is 2.18. The van der Waals surface area contributed by atoms with E-state index in [1.807, 2.05) is 24.3 Å². The first-order valence-electron chi connectivity index (χ1n) is 5.92. The van der Waals surface area contributed by atoms with Gasteiger partial charge in [0.25, 0.3) is 0 Å². The third-order valence-corrected chi connectivity index (χ3v) is 3.39. The predicted molar refractivity (Wildman–Crippen MR) is 77.5 cm³/mol. The molecule has 2 rings (SSSR count). The van der Waals surface area contributed by atoms with Gasteiger partial charge in [0.05, 0.1) is 0 Å². The number of rotatable bonds is 4. The lowest BCUT2D eigenvalue weighted by Crippen LogP contribution is -2.17. The molecule has 2 aromatic rings. The lowest BCUT2D eigenvalue weighted by Gasteiger charge is -2.14. The van der Waals surface area contributed by atoms with Crippen LogP contribution < -0.4 is 5.32 Å². The molecule has 0 spiro atoms. The van der Waals surface area contributed by atoms with Crippen LogP contribution in [0.4, 0.5) is 0 Å². The molecule has 0 amide bonds. The Labute approximate surface area is 116 Å². The molecule has 1 atom stereocenters. The molecule has 0 fully saturated rings. The van der Waals surface area contributed by atoms with Gasteiger partial charge in [0.1, 0.15) is 5.75 Å². The Hall–Kier alpha value is -1.32. The molecule has 0 heterocycles. The number of nitrogens with one attached hydrogen (secondary N) is 1. The average Bonchev–Trinajstić information content (AvgIpc) is 2.38. The van der Waals surface area contributed by atoms with Crippen LogP contribution in [0, 0.1) is 0 Å². The quantitative estimate of drug-likeness (QED) is 0.894. The summed E-state index contributed by atoms with van der Waals surface area (Å²) in [4.78, 5) is 0. The van der Waals surface area contributed by atoms with E-state index < -0.39 is 0 Å². The van der Waals surface area contributed by atoms with Gasteiger partial charge < -0.3 is 10.4 Å². The standard InChI is InChI=1S/C15H16BrNO/c1-11(13-3-2-4-14(16)9-13)17-10-12-5-7-15(18)8-6-12/h2-9,11,17-18H,10H2,1H3/t11-/m0/s1. The Balaban J connectivity index is 1.96. The number of phenolic OH excluding ortho intramolecular Hbond substituents is 1. The zero-order valence-electron chi connectivity index (χ0n) is 10.2. The van der Waals surface area contributed by atoms with Gasteiger partial charge in [-0.15, -0.1) is 0 Å². The van der Waals surface area contributed by atoms with E-state index in [1.165, 1.54) is 5.56 Å². The van der Waals surface area contributed by atoms with Gasteiger partial charge >= 0.3 is 0 Å². The minimum absolute atomic E-state index is 0.288. The van der Waals surface area contributed by atoms with E-state index in [2.05, 4.69) is 40.3 Å². The summed E-state index contributed by atoms with van der Waals surface area (Å²) in [6.07, 6.45) is 0. The third-order valence-electron chi connectivity index (χ3n) is 2.90. The third kappa shape index (κ3) is 3.59. The normalized spacial score (nSPS) is 12.3. The number of hydrogen-bond acceptors (Lipinski definition) is 2. The van der Waals surface area contributed by atoms with E-state index >= 15 is 0 Å². The molecule has 0 bridgehead atoms. The van der Waals surface area contributed by atoms with E-state index in [4.69, 9.17) is 0 Å². The van der Waals surface area contributed by atoms with E-state index in [9.17, 15) is 5.11 Å². The number of halogens is 1. The van der Waals surface area contributed by atoms with Gasteiger partial charge in [-0.2, -0.15) is 0 Å². The molecule has 0 aliphatic carbocycles. The fraction of sp³-hybridized carbons (Fsp3) is 0.200. The van der Waals surface area contributed by atoms with Gasteiger partial charge in [-0.1, -0.05) is 40.2 Å². The first kappa shape index (κ1) is 13.1. The van der Waals surface area contributed by atoms with Crippen molar-refractivity contribution < 1.29 is 5.11 Å². The molecule has 0 aromatic heterocycles. The van der Waals surface area contributed by atoms with Crippen molar-refractivity contribution in [3.8, 4) is 5.75 Å². The second kappa shape index (κ2) is 6.03. The number of hydrogen-bond donors (Lipinski definition) is 2. The first-order chi connectivity index (χ1) is 8.65. The van der Waals surface area contributed by atoms with Gasteiger partial charge in [-0.25, -0.2) is 0 Å². The van der Waals surface area contributed by atoms with Crippen molar-refractivity contribution >= 4 is 15.9 Å². The molecule has 2 aromatic carbocycles. The van der Waals surface area contributed by atoms with Crippen LogP contribution in [0.2, 0.25) is 0 Å². The van der Waals surface area contributed by atoms with Gasteiger partial charge in [0, 0.05) is 17.1 Å². The zero-order valence-corrected chi connectivity index (χ0v) is 11.8. The first-order valence-corrected chi connectivity index (χ1v) is 6.71. The summed E-state index contributed by atoms with van der Waals surface area (Å²) in [5.41, 5.74) is 2.41. The molecule has 2 nitrogen and oxygen atoms in total. The fourth-order valence-electron chi connectivity index (χ4n) is 1.78. The maximum absolute atomic E-state index is 9.22. The molecule has 0 saturated heterocycles. The molecular weight excluding hydrogens is 290 g/mol. The van der Waals surface area contributed by atoms with Crippen LogP contribution in [0.25, 0.3) is 0 Å². The Morgan fingerprint density at radius 3 is 2.56 bits per heavy atom. The van der Waals surface area contributed by atoms with E-state index in [-0.39, 0.29) is 6.04 Å². The maximum atomic E-state index is 9.22. The van der Waals surface area contributed by atoms with Crippen LogP contribution in [-0.2, 0) is 6.54 Å². The highest BCUT2D eigenvalue weighted by atomic mass is 79.9. The van der Waals surface area contributed by atoms with Crippen LogP contribution in [0.1, 0.15) is 24.1 Å². The summed E-state index contributed by atoms with van der Waals surface area (Å²) in [5.74, 6) is 0.304. The minimum atomic E-state index is 0.288. The molecule has 18 heavy (non-hydrogen) atoms. The lowest BCUT2D eigenvalue weighted by molar-refractivity contribution is 0.474. The van der Waals surface area contributed by atoms with Crippen molar-refractivity contribution in [2.75, 3.05) is 0 Å². The van der Waals surface area contributed by atoms with E-state index in [0.29, 0.717) is 5.75 Å². The summed E-state index contributed by atoms with van der Waals surface area (Å²) < 4.78 is 1.10. The van der Waals surface area contributed by atoms with Gasteiger partial charge in [-0.3, -0.25) is 0 Å². The molecule has 0 aliphatic heterocycles. The molecular formula is C15H16BrNO. The average molecular weight is 306 g/mol. The summed E-state index contributed by atoms with van der Waals surface area (Å²) in [6, 6.07) is 15.9. The Morgan fingerprint density at radius 2 is 1.89 bits per heavy atom. The van der Waals surface area contributed by atoms with Crippen molar-refractivity contribution in [1.29, 1.82) is 0 Å². The monoisotopic (exact) mass is 305 g/mol. The molecule has 2 N–H and O–H groups in total. The Morgan fingerprint density at radius 1 is 1.17 bits per heavy atom. The molecule has 0 unspecified atom stereocenters. The van der Waals surface area contributed by atoms with Gasteiger partial charge in [0.2, 0.25) is 0 Å². The Bertz CT molecular complexity index is 510. The van der Waals surface area contributed by atoms with Crippen LogP contribution in [-0.4, -0.2) is 5.11 Å². The highest BCUT2D eigenvalue weighted by molar-refractivity contribution is 9.10. The van der Waals surface area contributed by atoms with Crippen molar-refractivity contribution in [3.63, 3.8) is 0 Å². The minimum Gasteiger partial charge on any atom is -0.508 e. The summed E-state index contributed by atoms with van der Waals surface area (Å²) in [7, 11) is 0. The number of aromatic hydroxyl groups is 1. The highest BCUT2D eigenvalue weighted by Gasteiger charge is 2.04. The smallest absolute Gasteiger partial charge is 0.115 e. The second-order valence-corrected chi connectivity index (χ2v) is 5.24. The topological polar surface area (TPSA) is 32.3 Å². The SMILES string of the molecule is C[C@H](NCc1ccc(O)cc1)c1cccc(Br)c1. The summed E-state index contributed by atoms with van der Waals surface area (Å²) in [5, 5.41) is 12.7. The van der Waals surface area contributed by atoms with Crippen LogP contribution in [0.5, 0.6) is 5.75 Å². The molecule has 0 radical (unpaired) electrons. The summed E-state index contributed by atoms with van der Waals surface area (Å²) in [6.45, 7) is 2.93. The second-order valence-electron chi connectivity index (χ2n) is 4.32.